The predicted molar refractivity (Wildman–Crippen MR) is 121 cm³/mol. The van der Waals surface area contributed by atoms with E-state index < -0.39 is 0 Å². The third-order valence-electron chi connectivity index (χ3n) is 4.72. The first-order valence-corrected chi connectivity index (χ1v) is 9.80. The number of nitrogens with one attached hydrogen (secondary N) is 1. The number of hydrogen-bond acceptors (Lipinski definition) is 6. The first-order chi connectivity index (χ1) is 14.0. The number of aliphatic imine (C=N–C) groups is 1. The highest BCUT2D eigenvalue weighted by Gasteiger charge is 2.14. The second-order valence-corrected chi connectivity index (χ2v) is 7.41. The number of hydrogen-bond donors (Lipinski definition) is 2. The summed E-state index contributed by atoms with van der Waals surface area (Å²) in [6.45, 7) is 10.0. The van der Waals surface area contributed by atoms with Gasteiger partial charge in [0.1, 0.15) is 5.82 Å². The summed E-state index contributed by atoms with van der Waals surface area (Å²) in [5.74, 6) is 0.860. The van der Waals surface area contributed by atoms with Crippen LogP contribution in [0.4, 0.5) is 5.82 Å². The molecule has 0 spiro atoms. The van der Waals surface area contributed by atoms with Crippen molar-refractivity contribution >= 4 is 40.9 Å². The molecule has 4 rings (SSSR count). The van der Waals surface area contributed by atoms with E-state index in [1.807, 2.05) is 30.3 Å². The molecule has 3 heterocycles. The average Bonchev–Trinajstić information content (AvgIpc) is 3.17. The Bertz CT molecular complexity index is 1010. The predicted octanol–water partition coefficient (Wildman–Crippen LogP) is 3.30. The zero-order valence-electron chi connectivity index (χ0n) is 16.8. The van der Waals surface area contributed by atoms with Gasteiger partial charge in [-0.1, -0.05) is 29.8 Å². The van der Waals surface area contributed by atoms with Crippen molar-refractivity contribution in [3.05, 3.63) is 47.8 Å². The Balaban J connectivity index is 0.000000290. The number of allylic oxidation sites excluding steroid dienone is 1. The highest BCUT2D eigenvalue weighted by Crippen LogP contribution is 2.32. The molecule has 0 radical (unpaired) electrons. The smallest absolute Gasteiger partial charge is 0.164 e. The lowest BCUT2D eigenvalue weighted by molar-refractivity contribution is 0.291. The molecule has 0 bridgehead atoms. The molecule has 1 saturated heterocycles. The minimum absolute atomic E-state index is 0.323. The molecule has 8 heteroatoms. The van der Waals surface area contributed by atoms with Crippen LogP contribution in [0.1, 0.15) is 6.92 Å². The van der Waals surface area contributed by atoms with Gasteiger partial charge < -0.3 is 16.0 Å². The van der Waals surface area contributed by atoms with Gasteiger partial charge in [-0.25, -0.2) is 4.99 Å². The molecule has 0 aliphatic carbocycles. The van der Waals surface area contributed by atoms with E-state index in [1.165, 1.54) is 17.8 Å². The number of halogens is 1. The van der Waals surface area contributed by atoms with Gasteiger partial charge in [0.15, 0.2) is 5.82 Å². The van der Waals surface area contributed by atoms with E-state index in [-0.39, 0.29) is 0 Å². The Morgan fingerprint density at radius 2 is 1.97 bits per heavy atom. The number of aromatic nitrogens is 3. The molecular weight excluding hydrogens is 386 g/mol. The minimum atomic E-state index is 0.323. The van der Waals surface area contributed by atoms with Gasteiger partial charge in [-0.3, -0.25) is 4.98 Å². The van der Waals surface area contributed by atoms with E-state index in [2.05, 4.69) is 39.1 Å². The summed E-state index contributed by atoms with van der Waals surface area (Å²) in [4.78, 5) is 10.8. The van der Waals surface area contributed by atoms with E-state index in [0.717, 1.165) is 35.1 Å². The van der Waals surface area contributed by atoms with Crippen LogP contribution in [0.5, 0.6) is 0 Å². The molecule has 29 heavy (non-hydrogen) atoms. The van der Waals surface area contributed by atoms with Crippen molar-refractivity contribution in [2.45, 2.75) is 6.92 Å². The number of nitrogens with two attached hydrogens (primary N) is 1. The van der Waals surface area contributed by atoms with Crippen LogP contribution in [0.3, 0.4) is 0 Å². The monoisotopic (exact) mass is 411 g/mol. The number of fused-ring (bicyclic) bond motifs is 1. The van der Waals surface area contributed by atoms with Crippen LogP contribution in [0.2, 0.25) is 0 Å². The summed E-state index contributed by atoms with van der Waals surface area (Å²) in [5, 5.41) is 9.01. The summed E-state index contributed by atoms with van der Waals surface area (Å²) >= 11 is 5.94. The van der Waals surface area contributed by atoms with E-state index >= 15 is 0 Å². The van der Waals surface area contributed by atoms with Gasteiger partial charge in [0.2, 0.25) is 0 Å². The largest absolute Gasteiger partial charge is 0.383 e. The normalized spacial score (nSPS) is 15.4. The first kappa shape index (κ1) is 21.0. The molecule has 1 aliphatic rings. The maximum Gasteiger partial charge on any atom is 0.164 e. The van der Waals surface area contributed by atoms with Gasteiger partial charge in [-0.05, 0) is 32.8 Å². The minimum Gasteiger partial charge on any atom is -0.383 e. The lowest BCUT2D eigenvalue weighted by atomic mass is 10.1. The maximum absolute atomic E-state index is 5.94. The van der Waals surface area contributed by atoms with Crippen LogP contribution in [0, 0.1) is 0 Å². The molecule has 152 valence electrons. The van der Waals surface area contributed by atoms with Crippen molar-refractivity contribution in [2.24, 2.45) is 10.7 Å². The number of piperazine rings is 1. The number of likely N-dealkylation sites (N-methyl/N-ethyl adjacent to an activating group) is 1. The van der Waals surface area contributed by atoms with Gasteiger partial charge in [0.05, 0.1) is 16.7 Å². The molecule has 1 aliphatic heterocycles. The van der Waals surface area contributed by atoms with Gasteiger partial charge in [-0.15, -0.1) is 0 Å². The van der Waals surface area contributed by atoms with Crippen LogP contribution in [-0.4, -0.2) is 59.6 Å². The fourth-order valence-corrected chi connectivity index (χ4v) is 3.10. The Kier molecular flexibility index (Phi) is 6.98. The topological polar surface area (TPSA) is 84.4 Å². The van der Waals surface area contributed by atoms with Crippen molar-refractivity contribution in [1.29, 1.82) is 0 Å². The van der Waals surface area contributed by atoms with Crippen LogP contribution in [-0.2, 0) is 0 Å². The van der Waals surface area contributed by atoms with E-state index in [4.69, 9.17) is 17.3 Å². The Labute approximate surface area is 175 Å². The molecular formula is C21H26ClN7. The number of pyridine rings is 1. The summed E-state index contributed by atoms with van der Waals surface area (Å²) in [6, 6.07) is 9.94. The zero-order chi connectivity index (χ0) is 20.8. The van der Waals surface area contributed by atoms with Crippen molar-refractivity contribution in [3.63, 3.8) is 0 Å². The quantitative estimate of drug-likeness (QED) is 0.646. The van der Waals surface area contributed by atoms with Gasteiger partial charge >= 0.3 is 0 Å². The van der Waals surface area contributed by atoms with Gasteiger partial charge in [0.25, 0.3) is 0 Å². The Hall–Kier alpha value is -2.74. The van der Waals surface area contributed by atoms with Crippen LogP contribution < -0.4 is 11.1 Å². The first-order valence-electron chi connectivity index (χ1n) is 9.42. The third kappa shape index (κ3) is 5.00. The summed E-state index contributed by atoms with van der Waals surface area (Å²) in [6.07, 6.45) is 3.47. The van der Waals surface area contributed by atoms with Crippen LogP contribution in [0.25, 0.3) is 27.9 Å². The van der Waals surface area contributed by atoms with Crippen molar-refractivity contribution < 1.29 is 0 Å². The van der Waals surface area contributed by atoms with E-state index in [9.17, 15) is 0 Å². The number of para-hydroxylation sites is 1. The maximum atomic E-state index is 5.94. The molecule has 7 nitrogen and oxygen atoms in total. The summed E-state index contributed by atoms with van der Waals surface area (Å²) in [7, 11) is 2.15. The van der Waals surface area contributed by atoms with E-state index in [1.54, 1.807) is 19.3 Å². The molecule has 1 aromatic carbocycles. The SMILES string of the molecule is C=Nc1c(-c2cnc3ccccc3c2)cnn1/C(N)=C(\C)Cl.CN1CCNCC1. The second kappa shape index (κ2) is 9.65. The average molecular weight is 412 g/mol. The van der Waals surface area contributed by atoms with Crippen molar-refractivity contribution in [1.82, 2.24) is 25.0 Å². The number of benzene rings is 1. The lowest BCUT2D eigenvalue weighted by Gasteiger charge is -2.21. The standard InChI is InChI=1S/C16H14ClN5.C5H12N2/c1-10(17)15(18)22-16(19-2)13(9-21-22)12-7-11-5-3-4-6-14(11)20-8-12;1-7-4-2-6-3-5-7/h3-9H,2,18H2,1H3;6H,2-5H2,1H3/b15-10+;. The van der Waals surface area contributed by atoms with Gasteiger partial charge in [-0.2, -0.15) is 9.78 Å². The highest BCUT2D eigenvalue weighted by molar-refractivity contribution is 6.31. The fourth-order valence-electron chi connectivity index (χ4n) is 3.01. The molecule has 0 saturated carbocycles. The number of nitrogens with zero attached hydrogens (tertiary/aromatic N) is 5. The Morgan fingerprint density at radius 1 is 1.24 bits per heavy atom. The summed E-state index contributed by atoms with van der Waals surface area (Å²) < 4.78 is 1.47. The van der Waals surface area contributed by atoms with E-state index in [0.29, 0.717) is 16.7 Å². The lowest BCUT2D eigenvalue weighted by Crippen LogP contribution is -2.40. The molecule has 1 fully saturated rings. The zero-order valence-corrected chi connectivity index (χ0v) is 17.5. The fraction of sp³-hybridized carbons (Fsp3) is 0.286. The molecule has 0 atom stereocenters. The molecule has 0 unspecified atom stereocenters. The summed E-state index contributed by atoms with van der Waals surface area (Å²) in [5.41, 5.74) is 8.57. The van der Waals surface area contributed by atoms with Crippen LogP contribution in [0.15, 0.2) is 52.8 Å². The third-order valence-corrected chi connectivity index (χ3v) is 4.91. The van der Waals surface area contributed by atoms with Crippen molar-refractivity contribution in [3.8, 4) is 11.1 Å². The highest BCUT2D eigenvalue weighted by atomic mass is 35.5. The molecule has 0 amide bonds. The second-order valence-electron chi connectivity index (χ2n) is 6.84. The molecule has 3 aromatic rings. The Morgan fingerprint density at radius 3 is 2.59 bits per heavy atom. The van der Waals surface area contributed by atoms with Gasteiger partial charge in [0, 0.05) is 48.9 Å². The van der Waals surface area contributed by atoms with Crippen LogP contribution >= 0.6 is 11.6 Å². The number of rotatable bonds is 3. The molecule has 2 aromatic heterocycles. The molecule has 3 N–H and O–H groups in total. The van der Waals surface area contributed by atoms with Crippen molar-refractivity contribution in [2.75, 3.05) is 33.2 Å².